The maximum absolute atomic E-state index is 6.87. The molecule has 0 heterocycles. The quantitative estimate of drug-likeness (QED) is 0.333. The Labute approximate surface area is 47.9 Å². The zero-order chi connectivity index (χ0) is 6.57. The summed E-state index contributed by atoms with van der Waals surface area (Å²) in [5.41, 5.74) is 5.13. The van der Waals surface area contributed by atoms with Crippen LogP contribution in [0.3, 0.4) is 0 Å². The summed E-state index contributed by atoms with van der Waals surface area (Å²) in [6.07, 6.45) is 0. The molecule has 0 aromatic carbocycles. The molecule has 0 unspecified atom stereocenters. The fourth-order valence-corrected chi connectivity index (χ4v) is 0.206. The summed E-state index contributed by atoms with van der Waals surface area (Å²) in [4.78, 5) is 3.50. The van der Waals surface area contributed by atoms with E-state index in [1.54, 1.807) is 0 Å². The van der Waals surface area contributed by atoms with Gasteiger partial charge in [0.15, 0.2) is 5.84 Å². The summed E-state index contributed by atoms with van der Waals surface area (Å²) in [5, 5.41) is 6.87. The largest absolute Gasteiger partial charge is 0.479 e. The van der Waals surface area contributed by atoms with Gasteiger partial charge in [-0.2, -0.15) is 0 Å². The van der Waals surface area contributed by atoms with Gasteiger partial charge in [0.05, 0.1) is 7.11 Å². The van der Waals surface area contributed by atoms with Gasteiger partial charge < -0.3 is 10.5 Å². The first-order valence-corrected chi connectivity index (χ1v) is 2.07. The summed E-state index contributed by atoms with van der Waals surface area (Å²) in [6.45, 7) is 0. The Morgan fingerprint density at radius 1 is 1.75 bits per heavy atom. The Bertz CT molecular complexity index is 118. The average molecular weight is 115 g/mol. The topological polar surface area (TPSA) is 71.5 Å². The van der Waals surface area contributed by atoms with Crippen LogP contribution in [0.15, 0.2) is 4.99 Å². The summed E-state index contributed by atoms with van der Waals surface area (Å²) >= 11 is 0. The van der Waals surface area contributed by atoms with Crippen molar-refractivity contribution in [2.45, 2.75) is 0 Å². The van der Waals surface area contributed by atoms with E-state index in [0.717, 1.165) is 0 Å². The maximum atomic E-state index is 6.87. The number of nitrogens with two attached hydrogens (primary N) is 1. The average Bonchev–Trinajstić information content (AvgIpc) is 1.84. The van der Waals surface area contributed by atoms with Crippen molar-refractivity contribution in [1.29, 1.82) is 5.41 Å². The van der Waals surface area contributed by atoms with Gasteiger partial charge in [-0.05, 0) is 0 Å². The third-order valence-electron chi connectivity index (χ3n) is 0.678. The predicted molar refractivity (Wildman–Crippen MR) is 32.3 cm³/mol. The van der Waals surface area contributed by atoms with E-state index >= 15 is 0 Å². The Morgan fingerprint density at radius 2 is 2.25 bits per heavy atom. The molecule has 46 valence electrons. The number of nitrogens with one attached hydrogen (secondary N) is 1. The Balaban J connectivity index is 3.83. The van der Waals surface area contributed by atoms with Crippen molar-refractivity contribution in [3.63, 3.8) is 0 Å². The van der Waals surface area contributed by atoms with Crippen molar-refractivity contribution in [1.82, 2.24) is 0 Å². The molecule has 0 aliphatic carbocycles. The Morgan fingerprint density at radius 3 is 2.38 bits per heavy atom. The molecule has 0 saturated carbocycles. The van der Waals surface area contributed by atoms with Gasteiger partial charge in [0.2, 0.25) is 5.90 Å². The van der Waals surface area contributed by atoms with E-state index < -0.39 is 0 Å². The van der Waals surface area contributed by atoms with Crippen molar-refractivity contribution in [3.05, 3.63) is 0 Å². The van der Waals surface area contributed by atoms with Crippen molar-refractivity contribution >= 4 is 11.7 Å². The second kappa shape index (κ2) is 3.01. The zero-order valence-electron chi connectivity index (χ0n) is 4.93. The minimum atomic E-state index is -0.0903. The van der Waals surface area contributed by atoms with Crippen molar-refractivity contribution in [2.75, 3.05) is 14.2 Å². The van der Waals surface area contributed by atoms with Gasteiger partial charge >= 0.3 is 0 Å². The van der Waals surface area contributed by atoms with Crippen molar-refractivity contribution < 1.29 is 4.74 Å². The number of methoxy groups -OCH3 is 1. The normalized spacial score (nSPS) is 11.0. The van der Waals surface area contributed by atoms with Crippen LogP contribution in [-0.4, -0.2) is 25.9 Å². The monoisotopic (exact) mass is 115 g/mol. The second-order valence-electron chi connectivity index (χ2n) is 1.14. The zero-order valence-corrected chi connectivity index (χ0v) is 4.93. The van der Waals surface area contributed by atoms with Gasteiger partial charge in [-0.15, -0.1) is 0 Å². The lowest BCUT2D eigenvalue weighted by Crippen LogP contribution is -2.23. The summed E-state index contributed by atoms with van der Waals surface area (Å²) in [7, 11) is 2.88. The molecule has 0 atom stereocenters. The fraction of sp³-hybridized carbons (Fsp3) is 0.500. The summed E-state index contributed by atoms with van der Waals surface area (Å²) in [5.74, 6) is 0.0278. The lowest BCUT2D eigenvalue weighted by Gasteiger charge is -1.96. The van der Waals surface area contributed by atoms with Crippen molar-refractivity contribution in [3.8, 4) is 0 Å². The molecule has 0 radical (unpaired) electrons. The molecule has 4 nitrogen and oxygen atoms in total. The number of ether oxygens (including phenoxy) is 1. The van der Waals surface area contributed by atoms with Gasteiger partial charge in [0.1, 0.15) is 0 Å². The smallest absolute Gasteiger partial charge is 0.248 e. The first kappa shape index (κ1) is 6.94. The number of aliphatic imine (C=N–C) groups is 1. The summed E-state index contributed by atoms with van der Waals surface area (Å²) in [6, 6.07) is 0. The van der Waals surface area contributed by atoms with E-state index in [0.29, 0.717) is 0 Å². The maximum Gasteiger partial charge on any atom is 0.248 e. The number of rotatable bonds is 0. The van der Waals surface area contributed by atoms with E-state index in [-0.39, 0.29) is 11.7 Å². The highest BCUT2D eigenvalue weighted by atomic mass is 16.5. The molecule has 0 aliphatic heterocycles. The van der Waals surface area contributed by atoms with Crippen LogP contribution in [0.5, 0.6) is 0 Å². The molecular weight excluding hydrogens is 106 g/mol. The second-order valence-corrected chi connectivity index (χ2v) is 1.14. The van der Waals surface area contributed by atoms with E-state index in [9.17, 15) is 0 Å². The van der Waals surface area contributed by atoms with Gasteiger partial charge in [-0.3, -0.25) is 10.4 Å². The minimum Gasteiger partial charge on any atom is -0.479 e. The van der Waals surface area contributed by atoms with E-state index in [1.165, 1.54) is 14.2 Å². The van der Waals surface area contributed by atoms with E-state index in [4.69, 9.17) is 11.1 Å². The molecule has 0 amide bonds. The third-order valence-corrected chi connectivity index (χ3v) is 0.678. The van der Waals surface area contributed by atoms with Crippen LogP contribution in [0.1, 0.15) is 0 Å². The molecular formula is C4H9N3O. The lowest BCUT2D eigenvalue weighted by atomic mass is 10.6. The number of amidine groups is 1. The SMILES string of the molecule is CN=C(N)C(=N)OC. The molecule has 8 heavy (non-hydrogen) atoms. The van der Waals surface area contributed by atoms with E-state index in [1.807, 2.05) is 0 Å². The molecule has 0 bridgehead atoms. The van der Waals surface area contributed by atoms with Gasteiger partial charge in [-0.25, -0.2) is 0 Å². The molecule has 0 aromatic heterocycles. The molecule has 0 saturated heterocycles. The van der Waals surface area contributed by atoms with Gasteiger partial charge in [0.25, 0.3) is 0 Å². The first-order valence-electron chi connectivity index (χ1n) is 2.07. The molecule has 0 spiro atoms. The van der Waals surface area contributed by atoms with Crippen LogP contribution < -0.4 is 5.73 Å². The Hall–Kier alpha value is -1.06. The molecule has 0 aliphatic rings. The van der Waals surface area contributed by atoms with Crippen LogP contribution in [0.25, 0.3) is 0 Å². The van der Waals surface area contributed by atoms with E-state index in [2.05, 4.69) is 9.73 Å². The lowest BCUT2D eigenvalue weighted by molar-refractivity contribution is 0.407. The van der Waals surface area contributed by atoms with Crippen molar-refractivity contribution in [2.24, 2.45) is 10.7 Å². The highest BCUT2D eigenvalue weighted by Gasteiger charge is 1.96. The fourth-order valence-electron chi connectivity index (χ4n) is 0.206. The highest BCUT2D eigenvalue weighted by molar-refractivity contribution is 6.35. The van der Waals surface area contributed by atoms with Crippen LogP contribution in [0, 0.1) is 5.41 Å². The number of hydrogen-bond acceptors (Lipinski definition) is 3. The summed E-state index contributed by atoms with van der Waals surface area (Å²) < 4.78 is 4.43. The molecule has 0 aromatic rings. The third kappa shape index (κ3) is 1.59. The highest BCUT2D eigenvalue weighted by Crippen LogP contribution is 1.72. The molecule has 0 rings (SSSR count). The predicted octanol–water partition coefficient (Wildman–Crippen LogP) is -0.403. The Kier molecular flexibility index (Phi) is 2.61. The minimum absolute atomic E-state index is 0.0903. The van der Waals surface area contributed by atoms with Crippen LogP contribution in [-0.2, 0) is 4.74 Å². The van der Waals surface area contributed by atoms with Crippen LogP contribution in [0.4, 0.5) is 0 Å². The van der Waals surface area contributed by atoms with Gasteiger partial charge in [0, 0.05) is 7.05 Å². The molecule has 4 heteroatoms. The molecule has 3 N–H and O–H groups in total. The van der Waals surface area contributed by atoms with Crippen LogP contribution in [0.2, 0.25) is 0 Å². The van der Waals surface area contributed by atoms with Crippen LogP contribution >= 0.6 is 0 Å². The molecule has 0 fully saturated rings. The standard InChI is InChI=1S/C4H9N3O/c1-7-3(5)4(6)8-2/h6H,1-2H3,(H2,5,7). The number of hydrogen-bond donors (Lipinski definition) is 2. The van der Waals surface area contributed by atoms with Gasteiger partial charge in [-0.1, -0.05) is 0 Å². The first-order chi connectivity index (χ1) is 3.72. The number of nitrogens with zero attached hydrogens (tertiary/aromatic N) is 1.